The number of anilines is 1. The van der Waals surface area contributed by atoms with Crippen molar-refractivity contribution in [3.8, 4) is 0 Å². The van der Waals surface area contributed by atoms with E-state index in [0.29, 0.717) is 6.04 Å². The van der Waals surface area contributed by atoms with Crippen molar-refractivity contribution in [3.05, 3.63) is 23.7 Å². The van der Waals surface area contributed by atoms with E-state index in [-0.39, 0.29) is 0 Å². The Morgan fingerprint density at radius 1 is 1.40 bits per heavy atom. The minimum atomic E-state index is 0.686. The van der Waals surface area contributed by atoms with E-state index in [2.05, 4.69) is 35.4 Å². The second kappa shape index (κ2) is 3.49. The zero-order valence-electron chi connectivity index (χ0n) is 8.73. The van der Waals surface area contributed by atoms with Gasteiger partial charge in [-0.25, -0.2) is 4.98 Å². The Balaban J connectivity index is 1.79. The molecule has 1 aromatic carbocycles. The number of thiazole rings is 1. The fourth-order valence-electron chi connectivity index (χ4n) is 2.20. The highest BCUT2D eigenvalue weighted by molar-refractivity contribution is 7.16. The van der Waals surface area contributed by atoms with Crippen molar-refractivity contribution in [2.24, 2.45) is 5.92 Å². The van der Waals surface area contributed by atoms with Crippen LogP contribution in [0.25, 0.3) is 10.2 Å². The summed E-state index contributed by atoms with van der Waals surface area (Å²) in [6, 6.07) is 7.11. The molecule has 1 saturated carbocycles. The number of rotatable bonds is 2. The maximum absolute atomic E-state index is 4.28. The first-order valence-electron chi connectivity index (χ1n) is 5.41. The zero-order chi connectivity index (χ0) is 10.3. The number of benzene rings is 1. The topological polar surface area (TPSA) is 24.9 Å². The Kier molecular flexibility index (Phi) is 2.13. The summed E-state index contributed by atoms with van der Waals surface area (Å²) in [5.41, 5.74) is 4.25. The molecule has 0 amide bonds. The number of hydrogen-bond donors (Lipinski definition) is 1. The first-order chi connectivity index (χ1) is 7.31. The molecule has 0 bridgehead atoms. The molecule has 0 unspecified atom stereocenters. The van der Waals surface area contributed by atoms with E-state index >= 15 is 0 Å². The van der Waals surface area contributed by atoms with Gasteiger partial charge in [0.15, 0.2) is 0 Å². The van der Waals surface area contributed by atoms with Gasteiger partial charge in [0.1, 0.15) is 0 Å². The summed E-state index contributed by atoms with van der Waals surface area (Å²) in [5.74, 6) is 0.898. The molecule has 1 aliphatic rings. The molecule has 0 radical (unpaired) electrons. The van der Waals surface area contributed by atoms with E-state index in [1.54, 1.807) is 11.3 Å². The van der Waals surface area contributed by atoms with Crippen LogP contribution in [0.1, 0.15) is 19.8 Å². The molecule has 0 atom stereocenters. The van der Waals surface area contributed by atoms with Crippen molar-refractivity contribution in [1.82, 2.24) is 4.98 Å². The lowest BCUT2D eigenvalue weighted by molar-refractivity contribution is 0.309. The van der Waals surface area contributed by atoms with E-state index < -0.39 is 0 Å². The van der Waals surface area contributed by atoms with Crippen molar-refractivity contribution in [3.63, 3.8) is 0 Å². The SMILES string of the molecule is CC1CC(Nc2ccc3ncsc3c2)C1. The fraction of sp³-hybridized carbons (Fsp3) is 0.417. The maximum atomic E-state index is 4.28. The second-order valence-electron chi connectivity index (χ2n) is 4.45. The highest BCUT2D eigenvalue weighted by Crippen LogP contribution is 2.30. The normalized spacial score (nSPS) is 25.1. The Morgan fingerprint density at radius 2 is 2.27 bits per heavy atom. The molecule has 2 nitrogen and oxygen atoms in total. The first kappa shape index (κ1) is 9.16. The van der Waals surface area contributed by atoms with Crippen molar-refractivity contribution >= 4 is 27.2 Å². The molecule has 0 saturated heterocycles. The van der Waals surface area contributed by atoms with E-state index in [4.69, 9.17) is 0 Å². The molecule has 1 heterocycles. The van der Waals surface area contributed by atoms with Gasteiger partial charge in [-0.2, -0.15) is 0 Å². The van der Waals surface area contributed by atoms with Crippen LogP contribution in [0.5, 0.6) is 0 Å². The summed E-state index contributed by atoms with van der Waals surface area (Å²) in [6.45, 7) is 2.31. The number of nitrogens with zero attached hydrogens (tertiary/aromatic N) is 1. The van der Waals surface area contributed by atoms with Crippen LogP contribution in [0.3, 0.4) is 0 Å². The quantitative estimate of drug-likeness (QED) is 0.834. The Hall–Kier alpha value is -1.09. The van der Waals surface area contributed by atoms with Crippen LogP contribution in [0, 0.1) is 5.92 Å². The lowest BCUT2D eigenvalue weighted by Crippen LogP contribution is -2.33. The van der Waals surface area contributed by atoms with Crippen LogP contribution >= 0.6 is 11.3 Å². The molecule has 0 aliphatic heterocycles. The lowest BCUT2D eigenvalue weighted by atomic mass is 9.82. The largest absolute Gasteiger partial charge is 0.382 e. The summed E-state index contributed by atoms with van der Waals surface area (Å²) in [6.07, 6.45) is 2.61. The predicted molar refractivity (Wildman–Crippen MR) is 65.4 cm³/mol. The van der Waals surface area contributed by atoms with Gasteiger partial charge in [0.2, 0.25) is 0 Å². The standard InChI is InChI=1S/C12H14N2S/c1-8-4-10(5-8)14-9-2-3-11-12(6-9)15-7-13-11/h2-3,6-8,10,14H,4-5H2,1H3. The first-order valence-corrected chi connectivity index (χ1v) is 6.29. The molecule has 15 heavy (non-hydrogen) atoms. The molecule has 1 fully saturated rings. The van der Waals surface area contributed by atoms with Gasteiger partial charge in [0.25, 0.3) is 0 Å². The molecule has 1 aromatic heterocycles. The molecule has 3 rings (SSSR count). The van der Waals surface area contributed by atoms with Crippen LogP contribution in [-0.2, 0) is 0 Å². The van der Waals surface area contributed by atoms with E-state index in [9.17, 15) is 0 Å². The van der Waals surface area contributed by atoms with Crippen LogP contribution < -0.4 is 5.32 Å². The molecule has 78 valence electrons. The van der Waals surface area contributed by atoms with Crippen LogP contribution in [0.2, 0.25) is 0 Å². The Labute approximate surface area is 93.3 Å². The predicted octanol–water partition coefficient (Wildman–Crippen LogP) is 3.51. The number of hydrogen-bond acceptors (Lipinski definition) is 3. The average molecular weight is 218 g/mol. The molecule has 1 N–H and O–H groups in total. The minimum Gasteiger partial charge on any atom is -0.382 e. The zero-order valence-corrected chi connectivity index (χ0v) is 9.55. The molecular weight excluding hydrogens is 204 g/mol. The monoisotopic (exact) mass is 218 g/mol. The summed E-state index contributed by atoms with van der Waals surface area (Å²) in [7, 11) is 0. The Bertz CT molecular complexity index is 471. The van der Waals surface area contributed by atoms with Gasteiger partial charge < -0.3 is 5.32 Å². The van der Waals surface area contributed by atoms with Gasteiger partial charge in [-0.05, 0) is 37.0 Å². The smallest absolute Gasteiger partial charge is 0.0813 e. The summed E-state index contributed by atoms with van der Waals surface area (Å²) in [4.78, 5) is 4.28. The molecular formula is C12H14N2S. The summed E-state index contributed by atoms with van der Waals surface area (Å²) in [5, 5.41) is 3.57. The fourth-order valence-corrected chi connectivity index (χ4v) is 2.92. The van der Waals surface area contributed by atoms with Crippen molar-refractivity contribution in [2.45, 2.75) is 25.8 Å². The highest BCUT2D eigenvalue weighted by Gasteiger charge is 2.24. The molecule has 2 aromatic rings. The summed E-state index contributed by atoms with van der Waals surface area (Å²) < 4.78 is 1.27. The van der Waals surface area contributed by atoms with Gasteiger partial charge in [0.05, 0.1) is 15.7 Å². The molecule has 0 spiro atoms. The van der Waals surface area contributed by atoms with Gasteiger partial charge in [0, 0.05) is 11.7 Å². The Morgan fingerprint density at radius 3 is 3.07 bits per heavy atom. The summed E-state index contributed by atoms with van der Waals surface area (Å²) >= 11 is 1.70. The van der Waals surface area contributed by atoms with E-state index in [1.807, 2.05) is 5.51 Å². The number of fused-ring (bicyclic) bond motifs is 1. The van der Waals surface area contributed by atoms with Gasteiger partial charge >= 0.3 is 0 Å². The average Bonchev–Trinajstić information content (AvgIpc) is 2.62. The number of aromatic nitrogens is 1. The molecule has 3 heteroatoms. The van der Waals surface area contributed by atoms with Crippen LogP contribution in [-0.4, -0.2) is 11.0 Å². The van der Waals surface area contributed by atoms with Gasteiger partial charge in [-0.3, -0.25) is 0 Å². The lowest BCUT2D eigenvalue weighted by Gasteiger charge is -2.34. The van der Waals surface area contributed by atoms with Crippen molar-refractivity contribution in [2.75, 3.05) is 5.32 Å². The highest BCUT2D eigenvalue weighted by atomic mass is 32.1. The third-order valence-electron chi connectivity index (χ3n) is 3.08. The van der Waals surface area contributed by atoms with E-state index in [1.165, 1.54) is 23.2 Å². The minimum absolute atomic E-state index is 0.686. The van der Waals surface area contributed by atoms with Crippen LogP contribution in [0.4, 0.5) is 5.69 Å². The maximum Gasteiger partial charge on any atom is 0.0813 e. The number of nitrogens with one attached hydrogen (secondary N) is 1. The van der Waals surface area contributed by atoms with E-state index in [0.717, 1.165) is 11.4 Å². The van der Waals surface area contributed by atoms with Gasteiger partial charge in [-0.15, -0.1) is 11.3 Å². The van der Waals surface area contributed by atoms with Crippen molar-refractivity contribution < 1.29 is 0 Å². The van der Waals surface area contributed by atoms with Crippen molar-refractivity contribution in [1.29, 1.82) is 0 Å². The third kappa shape index (κ3) is 1.72. The van der Waals surface area contributed by atoms with Gasteiger partial charge in [-0.1, -0.05) is 6.92 Å². The van der Waals surface area contributed by atoms with Crippen LogP contribution in [0.15, 0.2) is 23.7 Å². The molecule has 1 aliphatic carbocycles. The third-order valence-corrected chi connectivity index (χ3v) is 3.87. The second-order valence-corrected chi connectivity index (χ2v) is 5.34.